The minimum Gasteiger partial charge on any atom is -0.420 e. The molecule has 1 aromatic carbocycles. The highest BCUT2D eigenvalue weighted by Crippen LogP contribution is 2.30. The average molecular weight is 357 g/mol. The van der Waals surface area contributed by atoms with E-state index in [9.17, 15) is 9.18 Å². The van der Waals surface area contributed by atoms with Gasteiger partial charge in [-0.3, -0.25) is 4.79 Å². The first kappa shape index (κ1) is 16.0. The molecule has 0 saturated carbocycles. The van der Waals surface area contributed by atoms with Crippen molar-refractivity contribution in [1.29, 1.82) is 0 Å². The molecule has 5 nitrogen and oxygen atoms in total. The topological polar surface area (TPSA) is 59.2 Å². The van der Waals surface area contributed by atoms with Crippen molar-refractivity contribution in [3.63, 3.8) is 0 Å². The quantitative estimate of drug-likeness (QED) is 0.712. The molecule has 0 aliphatic carbocycles. The molecule has 25 heavy (non-hydrogen) atoms. The summed E-state index contributed by atoms with van der Waals surface area (Å²) >= 11 is 1.54. The SMILES string of the molecule is O=C(c1ccccc1F)N1CCCC(c2nnc(-c3cccs3)o2)C1. The van der Waals surface area contributed by atoms with Gasteiger partial charge in [-0.05, 0) is 36.4 Å². The normalized spacial score (nSPS) is 17.6. The van der Waals surface area contributed by atoms with Crippen LogP contribution in [0.3, 0.4) is 0 Å². The molecule has 1 saturated heterocycles. The first-order valence-electron chi connectivity index (χ1n) is 8.13. The fourth-order valence-corrected chi connectivity index (χ4v) is 3.71. The Morgan fingerprint density at radius 1 is 1.24 bits per heavy atom. The maximum Gasteiger partial charge on any atom is 0.257 e. The lowest BCUT2D eigenvalue weighted by atomic mass is 9.97. The van der Waals surface area contributed by atoms with Crippen LogP contribution >= 0.6 is 11.3 Å². The number of aromatic nitrogens is 2. The summed E-state index contributed by atoms with van der Waals surface area (Å²) in [6.07, 6.45) is 1.69. The van der Waals surface area contributed by atoms with E-state index in [-0.39, 0.29) is 17.4 Å². The second kappa shape index (κ2) is 6.76. The Hall–Kier alpha value is -2.54. The van der Waals surface area contributed by atoms with Crippen LogP contribution in [0.5, 0.6) is 0 Å². The van der Waals surface area contributed by atoms with Crippen LogP contribution in [0.2, 0.25) is 0 Å². The molecule has 2 aromatic heterocycles. The van der Waals surface area contributed by atoms with Gasteiger partial charge in [-0.15, -0.1) is 21.5 Å². The Balaban J connectivity index is 1.51. The van der Waals surface area contributed by atoms with Crippen molar-refractivity contribution in [1.82, 2.24) is 15.1 Å². The molecular formula is C18H16FN3O2S. The summed E-state index contributed by atoms with van der Waals surface area (Å²) in [5, 5.41) is 10.2. The van der Waals surface area contributed by atoms with Crippen LogP contribution in [0, 0.1) is 5.82 Å². The van der Waals surface area contributed by atoms with Crippen LogP contribution < -0.4 is 0 Å². The molecule has 1 fully saturated rings. The van der Waals surface area contributed by atoms with Crippen LogP contribution in [0.15, 0.2) is 46.2 Å². The summed E-state index contributed by atoms with van der Waals surface area (Å²) in [4.78, 5) is 15.2. The third-order valence-corrected chi connectivity index (χ3v) is 5.19. The molecule has 1 aliphatic heterocycles. The van der Waals surface area contributed by atoms with Crippen LogP contribution in [-0.2, 0) is 0 Å². The number of nitrogens with zero attached hydrogens (tertiary/aromatic N) is 3. The number of benzene rings is 1. The summed E-state index contributed by atoms with van der Waals surface area (Å²) in [6, 6.07) is 9.93. The molecule has 0 spiro atoms. The lowest BCUT2D eigenvalue weighted by Gasteiger charge is -2.31. The predicted octanol–water partition coefficient (Wildman–Crippen LogP) is 3.96. The van der Waals surface area contributed by atoms with Gasteiger partial charge in [0.15, 0.2) is 0 Å². The summed E-state index contributed by atoms with van der Waals surface area (Å²) in [6.45, 7) is 1.06. The maximum absolute atomic E-state index is 13.9. The van der Waals surface area contributed by atoms with E-state index < -0.39 is 5.82 Å². The van der Waals surface area contributed by atoms with Crippen LogP contribution in [0.25, 0.3) is 10.8 Å². The van der Waals surface area contributed by atoms with Gasteiger partial charge in [0.05, 0.1) is 16.4 Å². The van der Waals surface area contributed by atoms with Gasteiger partial charge in [0.2, 0.25) is 5.89 Å². The molecule has 0 radical (unpaired) electrons. The molecule has 3 heterocycles. The average Bonchev–Trinajstić information content (AvgIpc) is 3.33. The molecule has 128 valence electrons. The molecule has 0 bridgehead atoms. The second-order valence-electron chi connectivity index (χ2n) is 5.99. The van der Waals surface area contributed by atoms with Crippen molar-refractivity contribution in [3.05, 3.63) is 59.0 Å². The van der Waals surface area contributed by atoms with Crippen molar-refractivity contribution >= 4 is 17.2 Å². The largest absolute Gasteiger partial charge is 0.420 e. The minimum atomic E-state index is -0.493. The van der Waals surface area contributed by atoms with Gasteiger partial charge in [-0.25, -0.2) is 4.39 Å². The molecular weight excluding hydrogens is 341 g/mol. The first-order valence-corrected chi connectivity index (χ1v) is 9.01. The number of piperidine rings is 1. The Morgan fingerprint density at radius 2 is 2.12 bits per heavy atom. The molecule has 7 heteroatoms. The second-order valence-corrected chi connectivity index (χ2v) is 6.94. The summed E-state index contributed by atoms with van der Waals surface area (Å²) in [7, 11) is 0. The third-order valence-electron chi connectivity index (χ3n) is 4.33. The Kier molecular flexibility index (Phi) is 4.31. The van der Waals surface area contributed by atoms with E-state index >= 15 is 0 Å². The van der Waals surface area contributed by atoms with Gasteiger partial charge >= 0.3 is 0 Å². The third kappa shape index (κ3) is 3.19. The molecule has 1 atom stereocenters. The Morgan fingerprint density at radius 3 is 2.92 bits per heavy atom. The molecule has 3 aromatic rings. The lowest BCUT2D eigenvalue weighted by Crippen LogP contribution is -2.39. The monoisotopic (exact) mass is 357 g/mol. The van der Waals surface area contributed by atoms with E-state index in [4.69, 9.17) is 4.42 Å². The maximum atomic E-state index is 13.9. The summed E-state index contributed by atoms with van der Waals surface area (Å²) in [5.74, 6) is 0.232. The first-order chi connectivity index (χ1) is 12.2. The highest BCUT2D eigenvalue weighted by atomic mass is 32.1. The number of amides is 1. The molecule has 1 amide bonds. The van der Waals surface area contributed by atoms with E-state index in [1.165, 1.54) is 23.5 Å². The molecule has 4 rings (SSSR count). The molecule has 0 N–H and O–H groups in total. The highest BCUT2D eigenvalue weighted by molar-refractivity contribution is 7.13. The van der Waals surface area contributed by atoms with E-state index in [1.807, 2.05) is 17.5 Å². The number of likely N-dealkylation sites (tertiary alicyclic amines) is 1. The molecule has 1 aliphatic rings. The van der Waals surface area contributed by atoms with Gasteiger partial charge in [0, 0.05) is 13.1 Å². The Labute approximate surface area is 148 Å². The van der Waals surface area contributed by atoms with Crippen LogP contribution in [0.4, 0.5) is 4.39 Å². The predicted molar refractivity (Wildman–Crippen MR) is 91.9 cm³/mol. The Bertz CT molecular complexity index is 878. The zero-order valence-electron chi connectivity index (χ0n) is 13.4. The smallest absolute Gasteiger partial charge is 0.257 e. The zero-order valence-corrected chi connectivity index (χ0v) is 14.2. The number of halogens is 1. The van der Waals surface area contributed by atoms with Crippen molar-refractivity contribution in [2.45, 2.75) is 18.8 Å². The van der Waals surface area contributed by atoms with Gasteiger partial charge in [-0.2, -0.15) is 0 Å². The zero-order chi connectivity index (χ0) is 17.2. The minimum absolute atomic E-state index is 0.0225. The van der Waals surface area contributed by atoms with Crippen molar-refractivity contribution in [3.8, 4) is 10.8 Å². The number of carbonyl (C=O) groups excluding carboxylic acids is 1. The lowest BCUT2D eigenvalue weighted by molar-refractivity contribution is 0.0693. The number of hydrogen-bond acceptors (Lipinski definition) is 5. The van der Waals surface area contributed by atoms with Crippen molar-refractivity contribution in [2.24, 2.45) is 0 Å². The van der Waals surface area contributed by atoms with Crippen LogP contribution in [-0.4, -0.2) is 34.1 Å². The summed E-state index contributed by atoms with van der Waals surface area (Å²) in [5.41, 5.74) is 0.105. The van der Waals surface area contributed by atoms with Gasteiger partial charge in [0.25, 0.3) is 11.8 Å². The van der Waals surface area contributed by atoms with Gasteiger partial charge in [0.1, 0.15) is 5.82 Å². The van der Waals surface area contributed by atoms with Gasteiger partial charge in [-0.1, -0.05) is 18.2 Å². The number of carbonyl (C=O) groups is 1. The van der Waals surface area contributed by atoms with E-state index in [2.05, 4.69) is 10.2 Å². The van der Waals surface area contributed by atoms with Crippen LogP contribution in [0.1, 0.15) is 35.0 Å². The molecule has 1 unspecified atom stereocenters. The van der Waals surface area contributed by atoms with E-state index in [1.54, 1.807) is 17.0 Å². The van der Waals surface area contributed by atoms with E-state index in [0.29, 0.717) is 24.9 Å². The number of thiophene rings is 1. The van der Waals surface area contributed by atoms with Gasteiger partial charge < -0.3 is 9.32 Å². The fourth-order valence-electron chi connectivity index (χ4n) is 3.07. The number of rotatable bonds is 3. The van der Waals surface area contributed by atoms with Crippen molar-refractivity contribution in [2.75, 3.05) is 13.1 Å². The van der Waals surface area contributed by atoms with E-state index in [0.717, 1.165) is 17.7 Å². The highest BCUT2D eigenvalue weighted by Gasteiger charge is 2.30. The standard InChI is InChI=1S/C18H16FN3O2S/c19-14-7-2-1-6-13(14)18(23)22-9-3-5-12(11-22)16-20-21-17(24-16)15-8-4-10-25-15/h1-2,4,6-8,10,12H,3,5,9,11H2. The van der Waals surface area contributed by atoms with Crippen molar-refractivity contribution < 1.29 is 13.6 Å². The summed E-state index contributed by atoms with van der Waals surface area (Å²) < 4.78 is 19.7. The fraction of sp³-hybridized carbons (Fsp3) is 0.278. The number of hydrogen-bond donors (Lipinski definition) is 0.